The molecule has 1 fully saturated rings. The van der Waals surface area contributed by atoms with Crippen LogP contribution in [0.5, 0.6) is 0 Å². The molecule has 3 aromatic rings. The number of benzene rings is 3. The molecule has 1 heterocycles. The average Bonchev–Trinajstić information content (AvgIpc) is 2.94. The van der Waals surface area contributed by atoms with Crippen LogP contribution in [0.3, 0.4) is 0 Å². The SMILES string of the molecule is Cc1ccc(-c2ccc(C3(c4ccccc4)OC(=O)C(O)C3=O)cc2)c(C)c1. The number of hydrogen-bond acceptors (Lipinski definition) is 4. The Kier molecular flexibility index (Phi) is 4.36. The van der Waals surface area contributed by atoms with Gasteiger partial charge in [-0.1, -0.05) is 78.4 Å². The molecule has 1 N–H and O–H groups in total. The van der Waals surface area contributed by atoms with Crippen molar-refractivity contribution in [2.45, 2.75) is 25.6 Å². The lowest BCUT2D eigenvalue weighted by Gasteiger charge is -2.27. The first-order chi connectivity index (χ1) is 13.4. The van der Waals surface area contributed by atoms with E-state index >= 15 is 0 Å². The maximum absolute atomic E-state index is 12.9. The molecule has 1 aliphatic heterocycles. The van der Waals surface area contributed by atoms with Gasteiger partial charge in [-0.25, -0.2) is 4.79 Å². The van der Waals surface area contributed by atoms with E-state index in [-0.39, 0.29) is 0 Å². The van der Waals surface area contributed by atoms with Gasteiger partial charge in [0.1, 0.15) is 0 Å². The van der Waals surface area contributed by atoms with Crippen LogP contribution in [-0.2, 0) is 19.9 Å². The normalized spacial score (nSPS) is 21.6. The van der Waals surface area contributed by atoms with Gasteiger partial charge < -0.3 is 9.84 Å². The Morgan fingerprint density at radius 1 is 0.857 bits per heavy atom. The molecule has 140 valence electrons. The van der Waals surface area contributed by atoms with E-state index in [9.17, 15) is 14.7 Å². The summed E-state index contributed by atoms with van der Waals surface area (Å²) >= 11 is 0. The molecule has 4 heteroatoms. The first kappa shape index (κ1) is 18.1. The van der Waals surface area contributed by atoms with Crippen molar-refractivity contribution in [2.24, 2.45) is 0 Å². The predicted molar refractivity (Wildman–Crippen MR) is 106 cm³/mol. The molecule has 1 saturated heterocycles. The van der Waals surface area contributed by atoms with Gasteiger partial charge in [0.05, 0.1) is 0 Å². The summed E-state index contributed by atoms with van der Waals surface area (Å²) in [6.07, 6.45) is -1.78. The van der Waals surface area contributed by atoms with Crippen molar-refractivity contribution in [3.8, 4) is 11.1 Å². The Labute approximate surface area is 163 Å². The molecule has 0 aliphatic carbocycles. The highest BCUT2D eigenvalue weighted by molar-refractivity contribution is 6.13. The second-order valence-corrected chi connectivity index (χ2v) is 7.13. The van der Waals surface area contributed by atoms with Gasteiger partial charge in [-0.2, -0.15) is 0 Å². The molecule has 4 nitrogen and oxygen atoms in total. The minimum Gasteiger partial charge on any atom is -0.439 e. The molecule has 3 aromatic carbocycles. The van der Waals surface area contributed by atoms with Crippen LogP contribution in [0, 0.1) is 13.8 Å². The second-order valence-electron chi connectivity index (χ2n) is 7.13. The van der Waals surface area contributed by atoms with Gasteiger partial charge in [0, 0.05) is 11.1 Å². The number of aliphatic hydroxyl groups excluding tert-OH is 1. The van der Waals surface area contributed by atoms with Crippen molar-refractivity contribution in [1.82, 2.24) is 0 Å². The standard InChI is InChI=1S/C24H20O4/c1-15-8-13-20(16(2)14-15)17-9-11-19(12-10-17)24(18-6-4-3-5-7-18)22(26)21(25)23(27)28-24/h3-14,21,25H,1-2H3. The van der Waals surface area contributed by atoms with E-state index < -0.39 is 23.5 Å². The number of esters is 1. The van der Waals surface area contributed by atoms with Crippen LogP contribution in [0.15, 0.2) is 72.8 Å². The summed E-state index contributed by atoms with van der Waals surface area (Å²) in [7, 11) is 0. The van der Waals surface area contributed by atoms with Crippen molar-refractivity contribution in [1.29, 1.82) is 0 Å². The first-order valence-electron chi connectivity index (χ1n) is 9.12. The quantitative estimate of drug-likeness (QED) is 0.562. The molecule has 0 amide bonds. The van der Waals surface area contributed by atoms with Crippen molar-refractivity contribution >= 4 is 11.8 Å². The number of carbonyl (C=O) groups is 2. The summed E-state index contributed by atoms with van der Waals surface area (Å²) in [5, 5.41) is 10.00. The molecule has 2 atom stereocenters. The highest BCUT2D eigenvalue weighted by Crippen LogP contribution is 2.41. The number of carbonyl (C=O) groups excluding carboxylic acids is 2. The zero-order valence-corrected chi connectivity index (χ0v) is 15.7. The number of Topliss-reactive ketones (excluding diaryl/α,β-unsaturated/α-hetero) is 1. The number of aryl methyl sites for hydroxylation is 2. The Morgan fingerprint density at radius 2 is 1.50 bits per heavy atom. The van der Waals surface area contributed by atoms with Gasteiger partial charge in [-0.05, 0) is 30.5 Å². The van der Waals surface area contributed by atoms with E-state index in [1.807, 2.05) is 18.2 Å². The highest BCUT2D eigenvalue weighted by atomic mass is 16.6. The molecule has 28 heavy (non-hydrogen) atoms. The monoisotopic (exact) mass is 372 g/mol. The maximum Gasteiger partial charge on any atom is 0.344 e. The Morgan fingerprint density at radius 3 is 2.07 bits per heavy atom. The Bertz CT molecular complexity index is 1050. The third-order valence-electron chi connectivity index (χ3n) is 5.24. The fraction of sp³-hybridized carbons (Fsp3) is 0.167. The van der Waals surface area contributed by atoms with E-state index in [0.29, 0.717) is 11.1 Å². The molecule has 4 rings (SSSR count). The van der Waals surface area contributed by atoms with E-state index in [1.54, 1.807) is 36.4 Å². The van der Waals surface area contributed by atoms with Gasteiger partial charge in [-0.3, -0.25) is 4.79 Å². The predicted octanol–water partition coefficient (Wildman–Crippen LogP) is 3.70. The molecule has 1 aliphatic rings. The van der Waals surface area contributed by atoms with Crippen LogP contribution in [0.2, 0.25) is 0 Å². The number of aliphatic hydroxyl groups is 1. The molecular formula is C24H20O4. The topological polar surface area (TPSA) is 63.6 Å². The van der Waals surface area contributed by atoms with E-state index in [1.165, 1.54) is 5.56 Å². The third kappa shape index (κ3) is 2.74. The van der Waals surface area contributed by atoms with Crippen LogP contribution < -0.4 is 0 Å². The number of cyclic esters (lactones) is 1. The number of rotatable bonds is 3. The fourth-order valence-corrected chi connectivity index (χ4v) is 3.82. The Hall–Kier alpha value is -3.24. The first-order valence-corrected chi connectivity index (χ1v) is 9.12. The summed E-state index contributed by atoms with van der Waals surface area (Å²) in [4.78, 5) is 24.9. The van der Waals surface area contributed by atoms with Gasteiger partial charge in [0.25, 0.3) is 0 Å². The minimum absolute atomic E-state index is 0.516. The van der Waals surface area contributed by atoms with Crippen molar-refractivity contribution in [3.05, 3.63) is 95.1 Å². The number of hydrogen-bond donors (Lipinski definition) is 1. The summed E-state index contributed by atoms with van der Waals surface area (Å²) < 4.78 is 5.49. The highest BCUT2D eigenvalue weighted by Gasteiger charge is 2.57. The van der Waals surface area contributed by atoms with Gasteiger partial charge in [0.2, 0.25) is 17.5 Å². The molecular weight excluding hydrogens is 352 g/mol. The zero-order valence-electron chi connectivity index (χ0n) is 15.7. The van der Waals surface area contributed by atoms with E-state index in [4.69, 9.17) is 4.74 Å². The van der Waals surface area contributed by atoms with Crippen molar-refractivity contribution in [2.75, 3.05) is 0 Å². The lowest BCUT2D eigenvalue weighted by atomic mass is 9.81. The second kappa shape index (κ2) is 6.73. The van der Waals surface area contributed by atoms with Crippen molar-refractivity contribution in [3.63, 3.8) is 0 Å². The van der Waals surface area contributed by atoms with E-state index in [0.717, 1.165) is 16.7 Å². The molecule has 0 spiro atoms. The van der Waals surface area contributed by atoms with Gasteiger partial charge in [0.15, 0.2) is 0 Å². The summed E-state index contributed by atoms with van der Waals surface area (Å²) in [5.74, 6) is -1.59. The molecule has 2 unspecified atom stereocenters. The van der Waals surface area contributed by atoms with Crippen LogP contribution in [-0.4, -0.2) is 23.0 Å². The maximum atomic E-state index is 12.9. The van der Waals surface area contributed by atoms with Crippen LogP contribution >= 0.6 is 0 Å². The number of ketones is 1. The summed E-state index contributed by atoms with van der Waals surface area (Å²) in [6, 6.07) is 22.4. The Balaban J connectivity index is 1.83. The summed E-state index contributed by atoms with van der Waals surface area (Å²) in [6.45, 7) is 4.11. The lowest BCUT2D eigenvalue weighted by molar-refractivity contribution is -0.151. The van der Waals surface area contributed by atoms with Gasteiger partial charge >= 0.3 is 5.97 Å². The number of ether oxygens (including phenoxy) is 1. The average molecular weight is 372 g/mol. The minimum atomic E-state index is -1.78. The van der Waals surface area contributed by atoms with Crippen molar-refractivity contribution < 1.29 is 19.4 Å². The third-order valence-corrected chi connectivity index (χ3v) is 5.24. The molecule has 0 saturated carbocycles. The van der Waals surface area contributed by atoms with E-state index in [2.05, 4.69) is 32.0 Å². The largest absolute Gasteiger partial charge is 0.439 e. The smallest absolute Gasteiger partial charge is 0.344 e. The van der Waals surface area contributed by atoms with Crippen LogP contribution in [0.4, 0.5) is 0 Å². The molecule has 0 radical (unpaired) electrons. The van der Waals surface area contributed by atoms with Crippen LogP contribution in [0.25, 0.3) is 11.1 Å². The molecule has 0 aromatic heterocycles. The van der Waals surface area contributed by atoms with Crippen LogP contribution in [0.1, 0.15) is 22.3 Å². The van der Waals surface area contributed by atoms with Gasteiger partial charge in [-0.15, -0.1) is 0 Å². The fourth-order valence-electron chi connectivity index (χ4n) is 3.82. The zero-order chi connectivity index (χ0) is 19.9. The summed E-state index contributed by atoms with van der Waals surface area (Å²) in [5.41, 5.74) is 3.86. The molecule has 0 bridgehead atoms. The lowest BCUT2D eigenvalue weighted by Crippen LogP contribution is -2.37.